The van der Waals surface area contributed by atoms with E-state index in [1.807, 2.05) is 24.3 Å². The van der Waals surface area contributed by atoms with Crippen molar-refractivity contribution in [3.63, 3.8) is 0 Å². The molecule has 2 heterocycles. The van der Waals surface area contributed by atoms with Gasteiger partial charge in [0.15, 0.2) is 6.29 Å². The highest BCUT2D eigenvalue weighted by molar-refractivity contribution is 6.36. The van der Waals surface area contributed by atoms with Crippen molar-refractivity contribution < 1.29 is 24.1 Å². The van der Waals surface area contributed by atoms with Crippen LogP contribution in [0.2, 0.25) is 0 Å². The number of nitrogens with one attached hydrogen (secondary N) is 1. The zero-order valence-electron chi connectivity index (χ0n) is 12.5. The molecule has 6 heteroatoms. The standard InChI is InChI=1S/C18H14FNO4/c19-9-5-6-12-13(7-9)20-18(23)16(12)17-11-4-2-1-3-10(11)14(24-17)8-15(21)22/h1-7,14-15,21-22H,8H2,(H,20,23)/b17-16+. The Morgan fingerprint density at radius 1 is 1.17 bits per heavy atom. The molecule has 1 amide bonds. The molecule has 2 aromatic carbocycles. The van der Waals surface area contributed by atoms with Gasteiger partial charge in [-0.25, -0.2) is 4.39 Å². The van der Waals surface area contributed by atoms with Crippen LogP contribution in [0.5, 0.6) is 0 Å². The van der Waals surface area contributed by atoms with Gasteiger partial charge >= 0.3 is 0 Å². The molecule has 2 aliphatic rings. The Labute approximate surface area is 137 Å². The largest absolute Gasteiger partial charge is 0.484 e. The van der Waals surface area contributed by atoms with Crippen LogP contribution in [0.3, 0.4) is 0 Å². The number of hydrogen-bond donors (Lipinski definition) is 3. The van der Waals surface area contributed by atoms with Crippen molar-refractivity contribution in [3.8, 4) is 0 Å². The Hall–Kier alpha value is -2.70. The fraction of sp³-hybridized carbons (Fsp3) is 0.167. The van der Waals surface area contributed by atoms with Gasteiger partial charge in [-0.05, 0) is 18.2 Å². The molecule has 0 bridgehead atoms. The van der Waals surface area contributed by atoms with Gasteiger partial charge < -0.3 is 20.3 Å². The van der Waals surface area contributed by atoms with E-state index in [1.54, 1.807) is 0 Å². The summed E-state index contributed by atoms with van der Waals surface area (Å²) in [5, 5.41) is 21.2. The third kappa shape index (κ3) is 2.28. The first-order valence-electron chi connectivity index (χ1n) is 7.52. The van der Waals surface area contributed by atoms with E-state index in [4.69, 9.17) is 4.74 Å². The highest BCUT2D eigenvalue weighted by atomic mass is 19.1. The van der Waals surface area contributed by atoms with Gasteiger partial charge in [0.1, 0.15) is 17.7 Å². The van der Waals surface area contributed by atoms with Crippen LogP contribution in [0, 0.1) is 5.82 Å². The van der Waals surface area contributed by atoms with Crippen LogP contribution in [-0.2, 0) is 9.53 Å². The van der Waals surface area contributed by atoms with Crippen LogP contribution < -0.4 is 5.32 Å². The zero-order chi connectivity index (χ0) is 16.8. The summed E-state index contributed by atoms with van der Waals surface area (Å²) in [4.78, 5) is 12.4. The van der Waals surface area contributed by atoms with Crippen molar-refractivity contribution in [3.05, 3.63) is 65.0 Å². The number of fused-ring (bicyclic) bond motifs is 2. The molecule has 0 fully saturated rings. The second-order valence-electron chi connectivity index (χ2n) is 5.76. The van der Waals surface area contributed by atoms with Crippen LogP contribution >= 0.6 is 0 Å². The average molecular weight is 327 g/mol. The van der Waals surface area contributed by atoms with Crippen LogP contribution in [0.4, 0.5) is 10.1 Å². The molecular formula is C18H14FNO4. The summed E-state index contributed by atoms with van der Waals surface area (Å²) in [5.74, 6) is -0.431. The van der Waals surface area contributed by atoms with Gasteiger partial charge in [-0.15, -0.1) is 0 Å². The minimum absolute atomic E-state index is 0.00825. The molecule has 0 saturated heterocycles. The molecule has 4 rings (SSSR count). The van der Waals surface area contributed by atoms with Gasteiger partial charge in [0.2, 0.25) is 0 Å². The number of hydrogen-bond acceptors (Lipinski definition) is 4. The number of halogens is 1. The van der Waals surface area contributed by atoms with E-state index in [2.05, 4.69) is 5.32 Å². The first-order chi connectivity index (χ1) is 11.5. The molecule has 24 heavy (non-hydrogen) atoms. The van der Waals surface area contributed by atoms with Crippen molar-refractivity contribution in [1.29, 1.82) is 0 Å². The van der Waals surface area contributed by atoms with Crippen LogP contribution in [0.1, 0.15) is 29.2 Å². The number of aliphatic hydroxyl groups is 2. The molecule has 0 aromatic heterocycles. The number of amides is 1. The Balaban J connectivity index is 1.88. The van der Waals surface area contributed by atoms with Gasteiger partial charge in [0.05, 0.1) is 11.3 Å². The molecule has 2 aliphatic heterocycles. The minimum Gasteiger partial charge on any atom is -0.484 e. The lowest BCUT2D eigenvalue weighted by atomic mass is 9.98. The van der Waals surface area contributed by atoms with Crippen molar-refractivity contribution in [1.82, 2.24) is 0 Å². The number of benzene rings is 2. The predicted octanol–water partition coefficient (Wildman–Crippen LogP) is 2.42. The van der Waals surface area contributed by atoms with Crippen molar-refractivity contribution in [2.24, 2.45) is 0 Å². The zero-order valence-corrected chi connectivity index (χ0v) is 12.5. The monoisotopic (exact) mass is 327 g/mol. The normalized spacial score (nSPS) is 21.5. The fourth-order valence-corrected chi connectivity index (χ4v) is 3.18. The van der Waals surface area contributed by atoms with Crippen molar-refractivity contribution >= 4 is 22.9 Å². The third-order valence-corrected chi connectivity index (χ3v) is 4.19. The Morgan fingerprint density at radius 3 is 2.75 bits per heavy atom. The quantitative estimate of drug-likeness (QED) is 0.585. The van der Waals surface area contributed by atoms with Gasteiger partial charge in [-0.3, -0.25) is 4.79 Å². The van der Waals surface area contributed by atoms with Gasteiger partial charge in [0, 0.05) is 23.1 Å². The summed E-state index contributed by atoms with van der Waals surface area (Å²) in [7, 11) is 0. The number of aliphatic hydroxyl groups excluding tert-OH is 1. The summed E-state index contributed by atoms with van der Waals surface area (Å²) in [5.41, 5.74) is 2.81. The predicted molar refractivity (Wildman–Crippen MR) is 85.0 cm³/mol. The molecule has 1 unspecified atom stereocenters. The van der Waals surface area contributed by atoms with Crippen LogP contribution in [0.15, 0.2) is 42.5 Å². The SMILES string of the molecule is O=C1Nc2cc(F)ccc2/C1=C1\OC(CC(O)O)c2ccccc21. The molecular weight excluding hydrogens is 313 g/mol. The highest BCUT2D eigenvalue weighted by Gasteiger charge is 2.36. The van der Waals surface area contributed by atoms with Gasteiger partial charge in [-0.1, -0.05) is 24.3 Å². The summed E-state index contributed by atoms with van der Waals surface area (Å²) >= 11 is 0. The van der Waals surface area contributed by atoms with E-state index in [1.165, 1.54) is 18.2 Å². The number of ether oxygens (including phenoxy) is 1. The second kappa shape index (κ2) is 5.43. The average Bonchev–Trinajstić information content (AvgIpc) is 3.04. The van der Waals surface area contributed by atoms with Gasteiger partial charge in [-0.2, -0.15) is 0 Å². The maximum atomic E-state index is 13.4. The van der Waals surface area contributed by atoms with Crippen LogP contribution in [-0.4, -0.2) is 22.4 Å². The van der Waals surface area contributed by atoms with Gasteiger partial charge in [0.25, 0.3) is 5.91 Å². The van der Waals surface area contributed by atoms with E-state index < -0.39 is 18.2 Å². The van der Waals surface area contributed by atoms with E-state index in [0.29, 0.717) is 22.6 Å². The van der Waals surface area contributed by atoms with E-state index in [-0.39, 0.29) is 12.3 Å². The second-order valence-corrected chi connectivity index (χ2v) is 5.76. The minimum atomic E-state index is -1.52. The molecule has 3 N–H and O–H groups in total. The molecule has 5 nitrogen and oxygen atoms in total. The Morgan fingerprint density at radius 2 is 1.96 bits per heavy atom. The smallest absolute Gasteiger partial charge is 0.260 e. The first kappa shape index (κ1) is 14.9. The first-order valence-corrected chi connectivity index (χ1v) is 7.52. The summed E-state index contributed by atoms with van der Waals surface area (Å²) < 4.78 is 19.3. The maximum absolute atomic E-state index is 13.4. The lowest BCUT2D eigenvalue weighted by Gasteiger charge is -2.13. The summed E-state index contributed by atoms with van der Waals surface area (Å²) in [6.45, 7) is 0. The topological polar surface area (TPSA) is 78.8 Å². The lowest BCUT2D eigenvalue weighted by Crippen LogP contribution is -2.10. The molecule has 2 aromatic rings. The van der Waals surface area contributed by atoms with Crippen LogP contribution in [0.25, 0.3) is 11.3 Å². The highest BCUT2D eigenvalue weighted by Crippen LogP contribution is 2.46. The Kier molecular flexibility index (Phi) is 3.37. The molecule has 0 saturated carbocycles. The molecule has 1 atom stereocenters. The summed E-state index contributed by atoms with van der Waals surface area (Å²) in [6, 6.07) is 11.4. The summed E-state index contributed by atoms with van der Waals surface area (Å²) in [6.07, 6.45) is -2.08. The molecule has 122 valence electrons. The van der Waals surface area contributed by atoms with E-state index >= 15 is 0 Å². The lowest BCUT2D eigenvalue weighted by molar-refractivity contribution is -0.110. The fourth-order valence-electron chi connectivity index (χ4n) is 3.18. The van der Waals surface area contributed by atoms with E-state index in [0.717, 1.165) is 11.1 Å². The third-order valence-electron chi connectivity index (χ3n) is 4.19. The molecule has 0 spiro atoms. The Bertz CT molecular complexity index is 875. The molecule has 0 radical (unpaired) electrons. The van der Waals surface area contributed by atoms with Crippen molar-refractivity contribution in [2.75, 3.05) is 5.32 Å². The van der Waals surface area contributed by atoms with E-state index in [9.17, 15) is 19.4 Å². The number of carbonyl (C=O) groups is 1. The number of carbonyl (C=O) groups excluding carboxylic acids is 1. The number of anilines is 1. The maximum Gasteiger partial charge on any atom is 0.260 e. The molecule has 0 aliphatic carbocycles. The van der Waals surface area contributed by atoms with Crippen molar-refractivity contribution in [2.45, 2.75) is 18.8 Å². The number of rotatable bonds is 2.